The topological polar surface area (TPSA) is 64.7 Å². The number of nitrogens with two attached hydrogens (primary N) is 1. The molecule has 1 aromatic carbocycles. The quantitative estimate of drug-likeness (QED) is 0.789. The van der Waals surface area contributed by atoms with Crippen molar-refractivity contribution in [3.63, 3.8) is 0 Å². The van der Waals surface area contributed by atoms with Crippen LogP contribution in [0.1, 0.15) is 17.2 Å². The van der Waals surface area contributed by atoms with E-state index in [0.717, 1.165) is 0 Å². The van der Waals surface area contributed by atoms with Gasteiger partial charge in [-0.05, 0) is 6.07 Å². The molecule has 1 atom stereocenters. The number of hydrogen-bond acceptors (Lipinski definition) is 4. The zero-order chi connectivity index (χ0) is 12.1. The fraction of sp³-hybridized carbons (Fsp3) is 0.455. The van der Waals surface area contributed by atoms with Crippen LogP contribution in [-0.2, 0) is 11.3 Å². The minimum Gasteiger partial charge on any atom is -0.496 e. The van der Waals surface area contributed by atoms with E-state index in [-0.39, 0.29) is 18.8 Å². The minimum absolute atomic E-state index is 0.154. The van der Waals surface area contributed by atoms with Gasteiger partial charge in [-0.3, -0.25) is 0 Å². The van der Waals surface area contributed by atoms with Crippen molar-refractivity contribution in [1.29, 1.82) is 0 Å². The maximum absolute atomic E-state index is 14.0. The molecule has 0 aromatic heterocycles. The second-order valence-corrected chi connectivity index (χ2v) is 3.38. The monoisotopic (exact) mass is 229 g/mol. The third kappa shape index (κ3) is 2.49. The number of aliphatic hydroxyl groups is 1. The fourth-order valence-electron chi connectivity index (χ4n) is 1.50. The largest absolute Gasteiger partial charge is 0.496 e. The summed E-state index contributed by atoms with van der Waals surface area (Å²) in [6.45, 7) is -0.190. The molecule has 0 heterocycles. The van der Waals surface area contributed by atoms with Crippen LogP contribution in [0.2, 0.25) is 0 Å². The van der Waals surface area contributed by atoms with Gasteiger partial charge in [-0.25, -0.2) is 4.39 Å². The predicted molar refractivity (Wildman–Crippen MR) is 57.7 cm³/mol. The number of halogens is 1. The van der Waals surface area contributed by atoms with Gasteiger partial charge in [0.1, 0.15) is 11.6 Å². The molecule has 0 spiro atoms. The van der Waals surface area contributed by atoms with Crippen molar-refractivity contribution in [1.82, 2.24) is 0 Å². The smallest absolute Gasteiger partial charge is 0.137 e. The summed E-state index contributed by atoms with van der Waals surface area (Å²) in [7, 11) is 2.91. The van der Waals surface area contributed by atoms with Crippen LogP contribution < -0.4 is 10.5 Å². The van der Waals surface area contributed by atoms with E-state index in [1.807, 2.05) is 0 Å². The molecular formula is C11H16FNO3. The molecule has 4 nitrogen and oxygen atoms in total. The number of hydrogen-bond donors (Lipinski definition) is 2. The molecule has 5 heteroatoms. The van der Waals surface area contributed by atoms with Gasteiger partial charge in [0.2, 0.25) is 0 Å². The SMILES string of the molecule is COCc1ccc(OC)c(C(N)CO)c1F. The van der Waals surface area contributed by atoms with Gasteiger partial charge >= 0.3 is 0 Å². The van der Waals surface area contributed by atoms with E-state index in [9.17, 15) is 4.39 Å². The van der Waals surface area contributed by atoms with Crippen LogP contribution in [0.5, 0.6) is 5.75 Å². The normalized spacial score (nSPS) is 12.6. The molecule has 1 unspecified atom stereocenters. The Morgan fingerprint density at radius 2 is 2.12 bits per heavy atom. The summed E-state index contributed by atoms with van der Waals surface area (Å²) in [4.78, 5) is 0. The number of ether oxygens (including phenoxy) is 2. The van der Waals surface area contributed by atoms with Crippen LogP contribution >= 0.6 is 0 Å². The lowest BCUT2D eigenvalue weighted by molar-refractivity contribution is 0.180. The molecule has 0 aliphatic carbocycles. The first-order valence-corrected chi connectivity index (χ1v) is 4.86. The summed E-state index contributed by atoms with van der Waals surface area (Å²) in [6.07, 6.45) is 0. The van der Waals surface area contributed by atoms with E-state index in [2.05, 4.69) is 0 Å². The summed E-state index contributed by atoms with van der Waals surface area (Å²) >= 11 is 0. The highest BCUT2D eigenvalue weighted by Gasteiger charge is 2.19. The van der Waals surface area contributed by atoms with Crippen molar-refractivity contribution in [3.8, 4) is 5.75 Å². The van der Waals surface area contributed by atoms with Gasteiger partial charge < -0.3 is 20.3 Å². The summed E-state index contributed by atoms with van der Waals surface area (Å²) in [5, 5.41) is 8.97. The molecule has 0 saturated heterocycles. The molecule has 0 aliphatic heterocycles. The van der Waals surface area contributed by atoms with Crippen LogP contribution in [0, 0.1) is 5.82 Å². The van der Waals surface area contributed by atoms with Gasteiger partial charge in [-0.2, -0.15) is 0 Å². The van der Waals surface area contributed by atoms with Gasteiger partial charge in [-0.1, -0.05) is 6.07 Å². The molecule has 0 saturated carbocycles. The van der Waals surface area contributed by atoms with Gasteiger partial charge in [0.05, 0.1) is 26.4 Å². The van der Waals surface area contributed by atoms with E-state index in [1.165, 1.54) is 14.2 Å². The zero-order valence-electron chi connectivity index (χ0n) is 9.37. The maximum Gasteiger partial charge on any atom is 0.137 e. The van der Waals surface area contributed by atoms with Crippen LogP contribution in [0.4, 0.5) is 4.39 Å². The summed E-state index contributed by atoms with van der Waals surface area (Å²) < 4.78 is 23.9. The molecule has 1 rings (SSSR count). The third-order valence-corrected chi connectivity index (χ3v) is 2.31. The fourth-order valence-corrected chi connectivity index (χ4v) is 1.50. The molecule has 3 N–H and O–H groups in total. The van der Waals surface area contributed by atoms with Crippen molar-refractivity contribution >= 4 is 0 Å². The Morgan fingerprint density at radius 1 is 1.44 bits per heavy atom. The minimum atomic E-state index is -0.799. The van der Waals surface area contributed by atoms with Crippen LogP contribution in [0.15, 0.2) is 12.1 Å². The van der Waals surface area contributed by atoms with Crippen LogP contribution in [-0.4, -0.2) is 25.9 Å². The van der Waals surface area contributed by atoms with Crippen molar-refractivity contribution in [2.24, 2.45) is 5.73 Å². The van der Waals surface area contributed by atoms with E-state index in [0.29, 0.717) is 11.3 Å². The van der Waals surface area contributed by atoms with Gasteiger partial charge in [0.25, 0.3) is 0 Å². The first kappa shape index (κ1) is 12.9. The molecule has 0 amide bonds. The number of methoxy groups -OCH3 is 2. The van der Waals surface area contributed by atoms with E-state index in [4.69, 9.17) is 20.3 Å². The second-order valence-electron chi connectivity index (χ2n) is 3.38. The highest BCUT2D eigenvalue weighted by molar-refractivity contribution is 5.41. The molecule has 0 aliphatic rings. The lowest BCUT2D eigenvalue weighted by Gasteiger charge is -2.16. The average Bonchev–Trinajstić information content (AvgIpc) is 2.30. The zero-order valence-corrected chi connectivity index (χ0v) is 9.37. The Hall–Kier alpha value is -1.17. The summed E-state index contributed by atoms with van der Waals surface area (Å²) in [5.74, 6) is -0.151. The Bertz CT molecular complexity index is 357. The van der Waals surface area contributed by atoms with E-state index < -0.39 is 11.9 Å². The number of benzene rings is 1. The van der Waals surface area contributed by atoms with E-state index in [1.54, 1.807) is 12.1 Å². The molecule has 1 aromatic rings. The highest BCUT2D eigenvalue weighted by atomic mass is 19.1. The average molecular weight is 229 g/mol. The molecule has 16 heavy (non-hydrogen) atoms. The lowest BCUT2D eigenvalue weighted by atomic mass is 10.0. The van der Waals surface area contributed by atoms with E-state index >= 15 is 0 Å². The Kier molecular flexibility index (Phi) is 4.67. The Labute approximate surface area is 93.8 Å². The van der Waals surface area contributed by atoms with Gasteiger partial charge in [0, 0.05) is 18.2 Å². The number of aliphatic hydroxyl groups excluding tert-OH is 1. The van der Waals surface area contributed by atoms with Gasteiger partial charge in [-0.15, -0.1) is 0 Å². The molecule has 0 bridgehead atoms. The molecule has 90 valence electrons. The van der Waals surface area contributed by atoms with Crippen molar-refractivity contribution in [3.05, 3.63) is 29.1 Å². The maximum atomic E-state index is 14.0. The Balaban J connectivity index is 3.22. The molecule has 0 fully saturated rings. The Morgan fingerprint density at radius 3 is 2.62 bits per heavy atom. The summed E-state index contributed by atoms with van der Waals surface area (Å²) in [6, 6.07) is 2.39. The van der Waals surface area contributed by atoms with Crippen LogP contribution in [0.25, 0.3) is 0 Å². The van der Waals surface area contributed by atoms with Crippen molar-refractivity contribution in [2.75, 3.05) is 20.8 Å². The third-order valence-electron chi connectivity index (χ3n) is 2.31. The summed E-state index contributed by atoms with van der Waals surface area (Å²) in [5.41, 5.74) is 6.20. The number of rotatable bonds is 5. The standard InChI is InChI=1S/C11H16FNO3/c1-15-6-7-3-4-9(16-2)10(11(7)12)8(13)5-14/h3-4,8,14H,5-6,13H2,1-2H3. The van der Waals surface area contributed by atoms with Crippen molar-refractivity contribution < 1.29 is 19.0 Å². The highest BCUT2D eigenvalue weighted by Crippen LogP contribution is 2.29. The predicted octanol–water partition coefficient (Wildman–Crippen LogP) is 0.973. The second kappa shape index (κ2) is 5.79. The van der Waals surface area contributed by atoms with Crippen molar-refractivity contribution in [2.45, 2.75) is 12.6 Å². The lowest BCUT2D eigenvalue weighted by Crippen LogP contribution is -2.18. The first-order chi connectivity index (χ1) is 7.65. The first-order valence-electron chi connectivity index (χ1n) is 4.86. The molecular weight excluding hydrogens is 213 g/mol. The van der Waals surface area contributed by atoms with Gasteiger partial charge in [0.15, 0.2) is 0 Å². The van der Waals surface area contributed by atoms with Crippen LogP contribution in [0.3, 0.4) is 0 Å². The molecule has 0 radical (unpaired) electrons.